The van der Waals surface area contributed by atoms with Gasteiger partial charge in [0.15, 0.2) is 0 Å². The van der Waals surface area contributed by atoms with Crippen molar-refractivity contribution in [2.45, 2.75) is 71.8 Å². The Balaban J connectivity index is 2.01. The van der Waals surface area contributed by atoms with Gasteiger partial charge in [0.05, 0.1) is 12.4 Å². The van der Waals surface area contributed by atoms with Crippen molar-refractivity contribution >= 4 is 11.9 Å². The highest BCUT2D eigenvalue weighted by Gasteiger charge is 2.23. The summed E-state index contributed by atoms with van der Waals surface area (Å²) in [4.78, 5) is 9.14. The third kappa shape index (κ3) is 6.35. The molecule has 0 atom stereocenters. The molecule has 3 heteroatoms. The number of allylic oxidation sites excluding steroid dienone is 4. The smallest absolute Gasteiger partial charge is 0.0894 e. The van der Waals surface area contributed by atoms with Crippen molar-refractivity contribution < 1.29 is 0 Å². The maximum absolute atomic E-state index is 4.86. The predicted octanol–water partition coefficient (Wildman–Crippen LogP) is 4.95. The van der Waals surface area contributed by atoms with Crippen LogP contribution in [0.25, 0.3) is 0 Å². The van der Waals surface area contributed by atoms with Gasteiger partial charge in [-0.3, -0.25) is 15.3 Å². The first-order chi connectivity index (χ1) is 11.6. The summed E-state index contributed by atoms with van der Waals surface area (Å²) in [5.74, 6) is 1.78. The Morgan fingerprint density at radius 2 is 1.83 bits per heavy atom. The van der Waals surface area contributed by atoms with Gasteiger partial charge in [-0.15, -0.1) is 0 Å². The van der Waals surface area contributed by atoms with Crippen LogP contribution in [0.4, 0.5) is 0 Å². The second-order valence-corrected chi connectivity index (χ2v) is 7.59. The highest BCUT2D eigenvalue weighted by atomic mass is 15.0. The molecule has 0 amide bonds. The molecule has 0 heterocycles. The van der Waals surface area contributed by atoms with Crippen molar-refractivity contribution in [3.8, 4) is 0 Å². The molecule has 2 fully saturated rings. The molecular weight excluding hydrogens is 294 g/mol. The van der Waals surface area contributed by atoms with E-state index in [4.69, 9.17) is 4.99 Å². The van der Waals surface area contributed by atoms with Gasteiger partial charge in [0.1, 0.15) is 0 Å². The Labute approximate surface area is 148 Å². The van der Waals surface area contributed by atoms with E-state index in [0.29, 0.717) is 12.7 Å². The lowest BCUT2D eigenvalue weighted by Crippen LogP contribution is -2.33. The molecule has 0 aliphatic heterocycles. The molecular formula is C21H35N3. The summed E-state index contributed by atoms with van der Waals surface area (Å²) in [5.41, 5.74) is 3.70. The van der Waals surface area contributed by atoms with Gasteiger partial charge in [-0.25, -0.2) is 0 Å². The van der Waals surface area contributed by atoms with Gasteiger partial charge in [0.2, 0.25) is 0 Å². The maximum Gasteiger partial charge on any atom is 0.0894 e. The van der Waals surface area contributed by atoms with E-state index in [1.54, 1.807) is 0 Å². The van der Waals surface area contributed by atoms with Crippen molar-refractivity contribution in [1.82, 2.24) is 5.32 Å². The van der Waals surface area contributed by atoms with E-state index in [9.17, 15) is 0 Å². The molecule has 0 unspecified atom stereocenters. The van der Waals surface area contributed by atoms with Crippen molar-refractivity contribution in [2.75, 3.05) is 13.7 Å². The van der Waals surface area contributed by atoms with Crippen LogP contribution in [0.15, 0.2) is 33.3 Å². The molecule has 0 aromatic heterocycles. The fourth-order valence-electron chi connectivity index (χ4n) is 3.50. The summed E-state index contributed by atoms with van der Waals surface area (Å²) in [6.07, 6.45) is 15.4. The topological polar surface area (TPSA) is 36.8 Å². The number of nitrogens with one attached hydrogen (secondary N) is 1. The van der Waals surface area contributed by atoms with Crippen LogP contribution in [0.1, 0.15) is 65.7 Å². The van der Waals surface area contributed by atoms with Gasteiger partial charge < -0.3 is 0 Å². The zero-order chi connectivity index (χ0) is 17.4. The van der Waals surface area contributed by atoms with Crippen LogP contribution in [-0.4, -0.2) is 31.7 Å². The maximum atomic E-state index is 4.86. The lowest BCUT2D eigenvalue weighted by Gasteiger charge is -2.26. The Morgan fingerprint density at radius 3 is 2.42 bits per heavy atom. The van der Waals surface area contributed by atoms with Crippen LogP contribution in [-0.2, 0) is 0 Å². The monoisotopic (exact) mass is 329 g/mol. The number of rotatable bonds is 8. The molecule has 1 N–H and O–H groups in total. The van der Waals surface area contributed by atoms with Gasteiger partial charge in [0, 0.05) is 24.9 Å². The third-order valence-electron chi connectivity index (χ3n) is 5.26. The number of hydrogen-bond donors (Lipinski definition) is 1. The summed E-state index contributed by atoms with van der Waals surface area (Å²) >= 11 is 0. The van der Waals surface area contributed by atoms with Crippen LogP contribution >= 0.6 is 0 Å². The molecule has 0 radical (unpaired) electrons. The van der Waals surface area contributed by atoms with Gasteiger partial charge in [-0.05, 0) is 76.7 Å². The van der Waals surface area contributed by atoms with Crippen LogP contribution in [0.5, 0.6) is 0 Å². The van der Waals surface area contributed by atoms with Gasteiger partial charge in [0.25, 0.3) is 0 Å². The van der Waals surface area contributed by atoms with Crippen molar-refractivity contribution in [1.29, 1.82) is 0 Å². The summed E-state index contributed by atoms with van der Waals surface area (Å²) in [7, 11) is 1.85. The van der Waals surface area contributed by atoms with Crippen LogP contribution in [0, 0.1) is 11.8 Å². The first kappa shape index (κ1) is 19.1. The predicted molar refractivity (Wildman–Crippen MR) is 106 cm³/mol. The minimum absolute atomic E-state index is 0.636. The average molecular weight is 330 g/mol. The Morgan fingerprint density at radius 1 is 1.12 bits per heavy atom. The van der Waals surface area contributed by atoms with Crippen molar-refractivity contribution in [2.24, 2.45) is 21.8 Å². The Hall–Kier alpha value is -1.22. The molecule has 2 saturated carbocycles. The molecule has 2 rings (SSSR count). The molecule has 134 valence electrons. The largest absolute Gasteiger partial charge is 0.296 e. The Kier molecular flexibility index (Phi) is 7.90. The van der Waals surface area contributed by atoms with Gasteiger partial charge >= 0.3 is 0 Å². The van der Waals surface area contributed by atoms with E-state index >= 15 is 0 Å². The highest BCUT2D eigenvalue weighted by molar-refractivity contribution is 6.21. The van der Waals surface area contributed by atoms with E-state index in [1.165, 1.54) is 56.1 Å². The average Bonchev–Trinajstić information content (AvgIpc) is 3.37. The molecule has 0 saturated heterocycles. The molecule has 0 bridgehead atoms. The fraction of sp³-hybridized carbons (Fsp3) is 0.714. The van der Waals surface area contributed by atoms with Crippen molar-refractivity contribution in [3.05, 3.63) is 23.3 Å². The minimum Gasteiger partial charge on any atom is -0.296 e. The number of nitrogens with zero attached hydrogens (tertiary/aromatic N) is 2. The lowest BCUT2D eigenvalue weighted by molar-refractivity contribution is 0.310. The highest BCUT2D eigenvalue weighted by Crippen LogP contribution is 2.35. The van der Waals surface area contributed by atoms with Crippen molar-refractivity contribution in [3.63, 3.8) is 0 Å². The van der Waals surface area contributed by atoms with Crippen LogP contribution in [0.2, 0.25) is 0 Å². The first-order valence-electron chi connectivity index (χ1n) is 9.66. The third-order valence-corrected chi connectivity index (χ3v) is 5.26. The quantitative estimate of drug-likeness (QED) is 0.629. The molecule has 2 aliphatic carbocycles. The van der Waals surface area contributed by atoms with E-state index in [0.717, 1.165) is 17.5 Å². The molecule has 24 heavy (non-hydrogen) atoms. The molecule has 3 nitrogen and oxygen atoms in total. The van der Waals surface area contributed by atoms with Gasteiger partial charge in [-0.1, -0.05) is 18.6 Å². The fourth-order valence-corrected chi connectivity index (χ4v) is 3.50. The zero-order valence-corrected chi connectivity index (χ0v) is 16.0. The molecule has 0 spiro atoms. The molecule has 2 aliphatic rings. The van der Waals surface area contributed by atoms with E-state index in [1.807, 2.05) is 13.3 Å². The summed E-state index contributed by atoms with van der Waals surface area (Å²) < 4.78 is 0. The summed E-state index contributed by atoms with van der Waals surface area (Å²) in [6, 6.07) is 0.636. The number of aliphatic imine (C=N–C) groups is 2. The summed E-state index contributed by atoms with van der Waals surface area (Å²) in [6.45, 7) is 7.37. The first-order valence-corrected chi connectivity index (χ1v) is 9.66. The lowest BCUT2D eigenvalue weighted by atomic mass is 9.87. The number of hydrogen-bond acceptors (Lipinski definition) is 3. The van der Waals surface area contributed by atoms with Gasteiger partial charge in [-0.2, -0.15) is 0 Å². The Bertz CT molecular complexity index is 501. The molecule has 0 aromatic carbocycles. The summed E-state index contributed by atoms with van der Waals surface area (Å²) in [5, 5.41) is 3.63. The van der Waals surface area contributed by atoms with E-state index in [2.05, 4.69) is 43.2 Å². The van der Waals surface area contributed by atoms with E-state index < -0.39 is 0 Å². The minimum atomic E-state index is 0.636. The van der Waals surface area contributed by atoms with Crippen LogP contribution < -0.4 is 5.32 Å². The molecule has 0 aromatic rings. The van der Waals surface area contributed by atoms with E-state index in [-0.39, 0.29) is 0 Å². The second kappa shape index (κ2) is 9.93. The van der Waals surface area contributed by atoms with Crippen LogP contribution in [0.3, 0.4) is 0 Å². The SMILES string of the molecule is C/C=C\C(=NCNC1CCC(C)CC1)/C(C=NC)=C(\C)CC1CC1. The normalized spacial score (nSPS) is 27.1. The zero-order valence-electron chi connectivity index (χ0n) is 16.0. The standard InChI is InChI=1S/C21H35N3/c1-5-6-21(20(14-22-4)17(3)13-18-9-10-18)24-15-23-19-11-7-16(2)8-12-19/h5-6,14,16,18-19,23H,7-13,15H2,1-4H3/b6-5-,20-17+,22-14?,24-21?. The second-order valence-electron chi connectivity index (χ2n) is 7.59.